The number of nitrogens with one attached hydrogen (secondary N) is 1. The highest BCUT2D eigenvalue weighted by Gasteiger charge is 2.03. The number of halogens is 1. The molecule has 0 saturated carbocycles. The molecule has 0 aliphatic heterocycles. The lowest BCUT2D eigenvalue weighted by Gasteiger charge is -1.90. The standard InChI is InChI=1S/C8H12BrNS/c1-3-8-7(9)4-6(11-8)5-10-2/h4,10H,3,5H2,1-2H3. The zero-order chi connectivity index (χ0) is 8.27. The summed E-state index contributed by atoms with van der Waals surface area (Å²) in [6.45, 7) is 3.16. The molecular formula is C8H12BrNS. The Morgan fingerprint density at radius 2 is 2.36 bits per heavy atom. The summed E-state index contributed by atoms with van der Waals surface area (Å²) in [5.74, 6) is 0. The van der Waals surface area contributed by atoms with Gasteiger partial charge >= 0.3 is 0 Å². The molecule has 0 bridgehead atoms. The van der Waals surface area contributed by atoms with E-state index >= 15 is 0 Å². The monoisotopic (exact) mass is 233 g/mol. The lowest BCUT2D eigenvalue weighted by atomic mass is 10.3. The quantitative estimate of drug-likeness (QED) is 0.847. The Bertz CT molecular complexity index is 232. The molecule has 0 aliphatic rings. The SMILES string of the molecule is CCc1sc(CNC)cc1Br. The van der Waals surface area contributed by atoms with Crippen LogP contribution in [0.1, 0.15) is 16.7 Å². The summed E-state index contributed by atoms with van der Waals surface area (Å²) in [5.41, 5.74) is 0. The van der Waals surface area contributed by atoms with E-state index in [1.54, 1.807) is 0 Å². The molecule has 1 nitrogen and oxygen atoms in total. The molecule has 0 aromatic carbocycles. The zero-order valence-electron chi connectivity index (χ0n) is 6.78. The molecule has 1 heterocycles. The molecule has 0 saturated heterocycles. The van der Waals surface area contributed by atoms with Crippen LogP contribution in [0.5, 0.6) is 0 Å². The molecule has 3 heteroatoms. The van der Waals surface area contributed by atoms with E-state index in [2.05, 4.69) is 34.2 Å². The van der Waals surface area contributed by atoms with Crippen LogP contribution in [-0.2, 0) is 13.0 Å². The fraction of sp³-hybridized carbons (Fsp3) is 0.500. The highest BCUT2D eigenvalue weighted by atomic mass is 79.9. The Labute approximate surface area is 79.9 Å². The molecule has 1 N–H and O–H groups in total. The van der Waals surface area contributed by atoms with E-state index in [0.717, 1.165) is 13.0 Å². The molecule has 11 heavy (non-hydrogen) atoms. The Morgan fingerprint density at radius 3 is 2.82 bits per heavy atom. The van der Waals surface area contributed by atoms with Gasteiger partial charge in [-0.25, -0.2) is 0 Å². The Balaban J connectivity index is 2.77. The molecule has 1 aromatic heterocycles. The fourth-order valence-electron chi connectivity index (χ4n) is 0.961. The average molecular weight is 234 g/mol. The Hall–Kier alpha value is 0.140. The second-order valence-corrected chi connectivity index (χ2v) is 4.44. The van der Waals surface area contributed by atoms with Crippen LogP contribution >= 0.6 is 27.3 Å². The highest BCUT2D eigenvalue weighted by Crippen LogP contribution is 2.27. The maximum Gasteiger partial charge on any atom is 0.0317 e. The summed E-state index contributed by atoms with van der Waals surface area (Å²) in [6, 6.07) is 2.19. The Kier molecular flexibility index (Phi) is 3.55. The summed E-state index contributed by atoms with van der Waals surface area (Å²) in [6.07, 6.45) is 1.12. The van der Waals surface area contributed by atoms with Gasteiger partial charge in [0, 0.05) is 20.8 Å². The van der Waals surface area contributed by atoms with Gasteiger partial charge in [-0.2, -0.15) is 0 Å². The molecule has 0 amide bonds. The third-order valence-corrected chi connectivity index (χ3v) is 3.73. The minimum absolute atomic E-state index is 0.975. The third kappa shape index (κ3) is 2.29. The first-order valence-corrected chi connectivity index (χ1v) is 5.30. The number of hydrogen-bond acceptors (Lipinski definition) is 2. The van der Waals surface area contributed by atoms with Crippen LogP contribution in [0, 0.1) is 0 Å². The van der Waals surface area contributed by atoms with Gasteiger partial charge in [0.15, 0.2) is 0 Å². The van der Waals surface area contributed by atoms with Crippen LogP contribution in [0.4, 0.5) is 0 Å². The van der Waals surface area contributed by atoms with Gasteiger partial charge in [0.05, 0.1) is 0 Å². The highest BCUT2D eigenvalue weighted by molar-refractivity contribution is 9.10. The van der Waals surface area contributed by atoms with Crippen LogP contribution in [0.25, 0.3) is 0 Å². The summed E-state index contributed by atoms with van der Waals surface area (Å²) in [4.78, 5) is 2.84. The van der Waals surface area contributed by atoms with E-state index in [4.69, 9.17) is 0 Å². The van der Waals surface area contributed by atoms with Gasteiger partial charge < -0.3 is 5.32 Å². The van der Waals surface area contributed by atoms with Gasteiger partial charge in [0.1, 0.15) is 0 Å². The van der Waals surface area contributed by atoms with Crippen molar-refractivity contribution in [2.24, 2.45) is 0 Å². The molecule has 62 valence electrons. The van der Waals surface area contributed by atoms with Crippen LogP contribution in [0.2, 0.25) is 0 Å². The first kappa shape index (κ1) is 9.23. The normalized spacial score (nSPS) is 10.5. The van der Waals surface area contributed by atoms with Crippen molar-refractivity contribution in [2.75, 3.05) is 7.05 Å². The van der Waals surface area contributed by atoms with Crippen LogP contribution in [0.3, 0.4) is 0 Å². The minimum Gasteiger partial charge on any atom is -0.315 e. The van der Waals surface area contributed by atoms with Crippen molar-refractivity contribution in [2.45, 2.75) is 19.9 Å². The molecule has 0 radical (unpaired) electrons. The van der Waals surface area contributed by atoms with E-state index in [9.17, 15) is 0 Å². The lowest BCUT2D eigenvalue weighted by Crippen LogP contribution is -2.02. The predicted molar refractivity (Wildman–Crippen MR) is 54.2 cm³/mol. The summed E-state index contributed by atoms with van der Waals surface area (Å²) >= 11 is 5.40. The summed E-state index contributed by atoms with van der Waals surface area (Å²) < 4.78 is 1.26. The lowest BCUT2D eigenvalue weighted by molar-refractivity contribution is 0.831. The van der Waals surface area contributed by atoms with E-state index < -0.39 is 0 Å². The van der Waals surface area contributed by atoms with Crippen molar-refractivity contribution >= 4 is 27.3 Å². The Morgan fingerprint density at radius 1 is 1.64 bits per heavy atom. The van der Waals surface area contributed by atoms with Gasteiger partial charge in [0.25, 0.3) is 0 Å². The second kappa shape index (κ2) is 4.24. The van der Waals surface area contributed by atoms with Crippen molar-refractivity contribution < 1.29 is 0 Å². The maximum absolute atomic E-state index is 3.53. The van der Waals surface area contributed by atoms with Crippen molar-refractivity contribution in [1.82, 2.24) is 5.32 Å². The molecule has 0 aliphatic carbocycles. The fourth-order valence-corrected chi connectivity index (χ4v) is 2.92. The predicted octanol–water partition coefficient (Wildman–Crippen LogP) is 2.79. The maximum atomic E-state index is 3.53. The van der Waals surface area contributed by atoms with Gasteiger partial charge in [-0.1, -0.05) is 6.92 Å². The molecule has 0 atom stereocenters. The van der Waals surface area contributed by atoms with Crippen molar-refractivity contribution in [3.8, 4) is 0 Å². The van der Waals surface area contributed by atoms with Crippen molar-refractivity contribution in [3.05, 3.63) is 20.3 Å². The number of aryl methyl sites for hydroxylation is 1. The molecule has 0 spiro atoms. The average Bonchev–Trinajstić information content (AvgIpc) is 2.32. The van der Waals surface area contributed by atoms with E-state index in [-0.39, 0.29) is 0 Å². The van der Waals surface area contributed by atoms with Gasteiger partial charge in [-0.05, 0) is 35.5 Å². The van der Waals surface area contributed by atoms with Crippen LogP contribution in [-0.4, -0.2) is 7.05 Å². The number of hydrogen-bond donors (Lipinski definition) is 1. The summed E-state index contributed by atoms with van der Waals surface area (Å²) in [7, 11) is 1.97. The van der Waals surface area contributed by atoms with Crippen LogP contribution < -0.4 is 5.32 Å². The molecule has 0 fully saturated rings. The largest absolute Gasteiger partial charge is 0.315 e. The summed E-state index contributed by atoms with van der Waals surface area (Å²) in [5, 5.41) is 3.14. The van der Waals surface area contributed by atoms with Gasteiger partial charge in [0.2, 0.25) is 0 Å². The smallest absolute Gasteiger partial charge is 0.0317 e. The van der Waals surface area contributed by atoms with Crippen molar-refractivity contribution in [3.63, 3.8) is 0 Å². The number of thiophene rings is 1. The number of rotatable bonds is 3. The molecular weight excluding hydrogens is 222 g/mol. The first-order valence-electron chi connectivity index (χ1n) is 3.69. The third-order valence-electron chi connectivity index (χ3n) is 1.48. The van der Waals surface area contributed by atoms with Crippen LogP contribution in [0.15, 0.2) is 10.5 Å². The van der Waals surface area contributed by atoms with Crippen molar-refractivity contribution in [1.29, 1.82) is 0 Å². The van der Waals surface area contributed by atoms with E-state index in [0.29, 0.717) is 0 Å². The van der Waals surface area contributed by atoms with E-state index in [1.807, 2.05) is 18.4 Å². The minimum atomic E-state index is 0.975. The first-order chi connectivity index (χ1) is 5.27. The van der Waals surface area contributed by atoms with Gasteiger partial charge in [-0.3, -0.25) is 0 Å². The zero-order valence-corrected chi connectivity index (χ0v) is 9.18. The molecule has 1 aromatic rings. The molecule has 0 unspecified atom stereocenters. The van der Waals surface area contributed by atoms with Gasteiger partial charge in [-0.15, -0.1) is 11.3 Å². The second-order valence-electron chi connectivity index (χ2n) is 2.37. The molecule has 1 rings (SSSR count). The van der Waals surface area contributed by atoms with E-state index in [1.165, 1.54) is 14.2 Å². The topological polar surface area (TPSA) is 12.0 Å².